The van der Waals surface area contributed by atoms with Crippen LogP contribution < -0.4 is 10.1 Å². The number of furan rings is 1. The van der Waals surface area contributed by atoms with Crippen LogP contribution in [0.25, 0.3) is 0 Å². The molecule has 0 atom stereocenters. The van der Waals surface area contributed by atoms with Crippen LogP contribution in [0.3, 0.4) is 0 Å². The van der Waals surface area contributed by atoms with Crippen LogP contribution in [0.15, 0.2) is 47.0 Å². The van der Waals surface area contributed by atoms with Crippen LogP contribution >= 0.6 is 0 Å². The highest BCUT2D eigenvalue weighted by atomic mass is 16.5. The lowest BCUT2D eigenvalue weighted by Gasteiger charge is -2.06. The van der Waals surface area contributed by atoms with Crippen LogP contribution in [0.1, 0.15) is 32.4 Å². The summed E-state index contributed by atoms with van der Waals surface area (Å²) in [6, 6.07) is 10.8. The van der Waals surface area contributed by atoms with E-state index in [0.717, 1.165) is 11.3 Å². The number of hydrogen-bond acceptors (Lipinski definition) is 6. The van der Waals surface area contributed by atoms with Crippen molar-refractivity contribution in [1.29, 1.82) is 0 Å². The Morgan fingerprint density at radius 1 is 1.22 bits per heavy atom. The Kier molecular flexibility index (Phi) is 5.25. The molecular formula is C19H19N3O5. The second-order valence-electron chi connectivity index (χ2n) is 5.83. The number of rotatable bonds is 6. The first-order chi connectivity index (χ1) is 13.0. The Bertz CT molecular complexity index is 973. The number of amides is 1. The van der Waals surface area contributed by atoms with Crippen molar-refractivity contribution in [2.45, 2.75) is 13.5 Å². The summed E-state index contributed by atoms with van der Waals surface area (Å²) in [6.45, 7) is 2.14. The van der Waals surface area contributed by atoms with E-state index in [1.807, 2.05) is 31.2 Å². The standard InChI is InChI=1S/C19H19N3O5/c1-12-6-4-5-7-15(12)26-11-13-8-9-16(27-13)18(23)20-14-10-22(2)21-17(14)19(24)25-3/h4-10H,11H2,1-3H3,(H,20,23). The highest BCUT2D eigenvalue weighted by Gasteiger charge is 2.20. The smallest absolute Gasteiger partial charge is 0.360 e. The van der Waals surface area contributed by atoms with Gasteiger partial charge in [0.05, 0.1) is 12.8 Å². The minimum absolute atomic E-state index is 0.0167. The Morgan fingerprint density at radius 2 is 2.00 bits per heavy atom. The number of esters is 1. The molecule has 0 saturated heterocycles. The number of carbonyl (C=O) groups is 2. The summed E-state index contributed by atoms with van der Waals surface area (Å²) in [5.74, 6) is 0.201. The lowest BCUT2D eigenvalue weighted by Crippen LogP contribution is -2.14. The number of hydrogen-bond donors (Lipinski definition) is 1. The number of carbonyl (C=O) groups excluding carboxylic acids is 2. The fraction of sp³-hybridized carbons (Fsp3) is 0.211. The number of benzene rings is 1. The van der Waals surface area contributed by atoms with Crippen molar-refractivity contribution in [3.05, 3.63) is 65.4 Å². The fourth-order valence-electron chi connectivity index (χ4n) is 2.46. The molecule has 1 aromatic carbocycles. The maximum atomic E-state index is 12.4. The SMILES string of the molecule is COC(=O)c1nn(C)cc1NC(=O)c1ccc(COc2ccccc2C)o1. The number of anilines is 1. The molecule has 140 valence electrons. The lowest BCUT2D eigenvalue weighted by molar-refractivity contribution is 0.0594. The van der Waals surface area contributed by atoms with E-state index in [-0.39, 0.29) is 23.7 Å². The van der Waals surface area contributed by atoms with Gasteiger partial charge >= 0.3 is 5.97 Å². The van der Waals surface area contributed by atoms with Crippen LogP contribution in [0, 0.1) is 6.92 Å². The number of nitrogens with one attached hydrogen (secondary N) is 1. The van der Waals surface area contributed by atoms with Crippen LogP contribution in [-0.4, -0.2) is 28.8 Å². The average molecular weight is 369 g/mol. The van der Waals surface area contributed by atoms with Gasteiger partial charge < -0.3 is 19.2 Å². The zero-order valence-corrected chi connectivity index (χ0v) is 15.2. The molecule has 0 aliphatic carbocycles. The van der Waals surface area contributed by atoms with Gasteiger partial charge in [-0.3, -0.25) is 9.48 Å². The topological polar surface area (TPSA) is 95.6 Å². The van der Waals surface area contributed by atoms with Crippen molar-refractivity contribution in [1.82, 2.24) is 9.78 Å². The molecule has 8 nitrogen and oxygen atoms in total. The molecule has 0 saturated carbocycles. The van der Waals surface area contributed by atoms with Gasteiger partial charge in [-0.2, -0.15) is 5.10 Å². The maximum absolute atomic E-state index is 12.4. The van der Waals surface area contributed by atoms with Crippen LogP contribution in [0.5, 0.6) is 5.75 Å². The fourth-order valence-corrected chi connectivity index (χ4v) is 2.46. The molecule has 1 N–H and O–H groups in total. The van der Waals surface area contributed by atoms with E-state index in [1.165, 1.54) is 18.0 Å². The number of aryl methyl sites for hydroxylation is 2. The number of nitrogens with zero attached hydrogens (tertiary/aromatic N) is 2. The Morgan fingerprint density at radius 3 is 2.74 bits per heavy atom. The highest BCUT2D eigenvalue weighted by molar-refractivity contribution is 6.05. The maximum Gasteiger partial charge on any atom is 0.360 e. The molecule has 8 heteroatoms. The molecule has 0 aliphatic heterocycles. The van der Waals surface area contributed by atoms with Gasteiger partial charge in [0.25, 0.3) is 5.91 Å². The van der Waals surface area contributed by atoms with Gasteiger partial charge in [0.1, 0.15) is 18.1 Å². The molecule has 0 spiro atoms. The summed E-state index contributed by atoms with van der Waals surface area (Å²) in [7, 11) is 2.88. The second kappa shape index (κ2) is 7.77. The Balaban J connectivity index is 1.67. The van der Waals surface area contributed by atoms with E-state index < -0.39 is 11.9 Å². The molecule has 0 fully saturated rings. The van der Waals surface area contributed by atoms with E-state index in [1.54, 1.807) is 19.2 Å². The zero-order valence-electron chi connectivity index (χ0n) is 15.2. The zero-order chi connectivity index (χ0) is 19.4. The molecule has 1 amide bonds. The number of aromatic nitrogens is 2. The minimum Gasteiger partial charge on any atom is -0.485 e. The third kappa shape index (κ3) is 4.17. The molecule has 2 aromatic heterocycles. The third-order valence-corrected chi connectivity index (χ3v) is 3.80. The molecule has 2 heterocycles. The van der Waals surface area contributed by atoms with E-state index >= 15 is 0 Å². The summed E-state index contributed by atoms with van der Waals surface area (Å²) < 4.78 is 17.3. The quantitative estimate of drug-likeness (QED) is 0.671. The van der Waals surface area contributed by atoms with Crippen molar-refractivity contribution in [2.24, 2.45) is 7.05 Å². The summed E-state index contributed by atoms with van der Waals surface area (Å²) in [5.41, 5.74) is 1.26. The van der Waals surface area contributed by atoms with Gasteiger partial charge in [0.15, 0.2) is 11.5 Å². The Hall–Kier alpha value is -3.55. The Labute approximate surface area is 155 Å². The van der Waals surface area contributed by atoms with E-state index in [9.17, 15) is 9.59 Å². The minimum atomic E-state index is -0.641. The summed E-state index contributed by atoms with van der Waals surface area (Å²) in [5, 5.41) is 6.58. The van der Waals surface area contributed by atoms with Gasteiger partial charge in [-0.1, -0.05) is 18.2 Å². The molecule has 3 aromatic rings. The average Bonchev–Trinajstić information content (AvgIpc) is 3.27. The molecule has 0 unspecified atom stereocenters. The predicted molar refractivity (Wildman–Crippen MR) is 96.7 cm³/mol. The first kappa shape index (κ1) is 18.2. The third-order valence-electron chi connectivity index (χ3n) is 3.80. The molecule has 0 aliphatic rings. The second-order valence-corrected chi connectivity index (χ2v) is 5.83. The van der Waals surface area contributed by atoms with Crippen molar-refractivity contribution in [3.8, 4) is 5.75 Å². The van der Waals surface area contributed by atoms with Gasteiger partial charge in [-0.05, 0) is 30.7 Å². The molecular weight excluding hydrogens is 350 g/mol. The molecule has 3 rings (SSSR count). The number of para-hydroxylation sites is 1. The largest absolute Gasteiger partial charge is 0.485 e. The van der Waals surface area contributed by atoms with Gasteiger partial charge in [-0.25, -0.2) is 4.79 Å². The monoisotopic (exact) mass is 369 g/mol. The van der Waals surface area contributed by atoms with Crippen molar-refractivity contribution >= 4 is 17.6 Å². The lowest BCUT2D eigenvalue weighted by atomic mass is 10.2. The van der Waals surface area contributed by atoms with Gasteiger partial charge in [-0.15, -0.1) is 0 Å². The first-order valence-electron chi connectivity index (χ1n) is 8.18. The van der Waals surface area contributed by atoms with Gasteiger partial charge in [0.2, 0.25) is 0 Å². The van der Waals surface area contributed by atoms with E-state index in [0.29, 0.717) is 5.76 Å². The molecule has 0 radical (unpaired) electrons. The predicted octanol–water partition coefficient (Wildman–Crippen LogP) is 2.94. The van der Waals surface area contributed by atoms with Crippen LogP contribution in [0.4, 0.5) is 5.69 Å². The number of methoxy groups -OCH3 is 1. The van der Waals surface area contributed by atoms with Crippen LogP contribution in [0.2, 0.25) is 0 Å². The number of ether oxygens (including phenoxy) is 2. The first-order valence-corrected chi connectivity index (χ1v) is 8.18. The molecule has 27 heavy (non-hydrogen) atoms. The summed E-state index contributed by atoms with van der Waals surface area (Å²) in [6.07, 6.45) is 1.51. The van der Waals surface area contributed by atoms with Crippen molar-refractivity contribution < 1.29 is 23.5 Å². The normalized spacial score (nSPS) is 10.5. The molecule has 0 bridgehead atoms. The summed E-state index contributed by atoms with van der Waals surface area (Å²) >= 11 is 0. The van der Waals surface area contributed by atoms with Crippen LogP contribution in [-0.2, 0) is 18.4 Å². The van der Waals surface area contributed by atoms with Crippen molar-refractivity contribution in [2.75, 3.05) is 12.4 Å². The van der Waals surface area contributed by atoms with Crippen molar-refractivity contribution in [3.63, 3.8) is 0 Å². The van der Waals surface area contributed by atoms with E-state index in [2.05, 4.69) is 15.2 Å². The van der Waals surface area contributed by atoms with Gasteiger partial charge in [0, 0.05) is 13.2 Å². The summed E-state index contributed by atoms with van der Waals surface area (Å²) in [4.78, 5) is 24.1. The highest BCUT2D eigenvalue weighted by Crippen LogP contribution is 2.20. The van der Waals surface area contributed by atoms with E-state index in [4.69, 9.17) is 9.15 Å².